The molecule has 148 valence electrons. The number of carbonyl (C=O) groups is 1. The summed E-state index contributed by atoms with van der Waals surface area (Å²) in [6.45, 7) is 0. The lowest BCUT2D eigenvalue weighted by Crippen LogP contribution is -2.35. The fourth-order valence-electron chi connectivity index (χ4n) is 2.76. The average Bonchev–Trinajstić information content (AvgIpc) is 3.21. The normalized spacial score (nSPS) is 13.6. The summed E-state index contributed by atoms with van der Waals surface area (Å²) in [6.07, 6.45) is 4.68. The second-order valence-corrected chi connectivity index (χ2v) is 7.46. The summed E-state index contributed by atoms with van der Waals surface area (Å²) < 4.78 is 37.2. The fourth-order valence-corrected chi connectivity index (χ4v) is 3.91. The zero-order valence-electron chi connectivity index (χ0n) is 15.3. The Morgan fingerprint density at radius 3 is 2.36 bits per heavy atom. The second kappa shape index (κ2) is 8.21. The number of ether oxygens (including phenoxy) is 2. The predicted octanol–water partition coefficient (Wildman–Crippen LogP) is 1.97. The number of hydrogen-bond acceptors (Lipinski definition) is 8. The lowest BCUT2D eigenvalue weighted by atomic mass is 10.1. The van der Waals surface area contributed by atoms with Gasteiger partial charge < -0.3 is 9.47 Å². The van der Waals surface area contributed by atoms with Crippen molar-refractivity contribution < 1.29 is 22.7 Å². The third-order valence-corrected chi connectivity index (χ3v) is 5.36. The molecule has 0 aliphatic heterocycles. The van der Waals surface area contributed by atoms with E-state index in [2.05, 4.69) is 20.3 Å². The summed E-state index contributed by atoms with van der Waals surface area (Å²) in [4.78, 5) is 23.7. The predicted molar refractivity (Wildman–Crippen MR) is 101 cm³/mol. The van der Waals surface area contributed by atoms with E-state index in [0.29, 0.717) is 5.56 Å². The number of carbonyl (C=O) groups excluding carboxylic acids is 1. The van der Waals surface area contributed by atoms with Crippen LogP contribution in [0.2, 0.25) is 0 Å². The van der Waals surface area contributed by atoms with E-state index in [-0.39, 0.29) is 22.9 Å². The van der Waals surface area contributed by atoms with E-state index in [9.17, 15) is 13.2 Å². The number of hydrogen-bond donors (Lipinski definition) is 2. The highest BCUT2D eigenvalue weighted by molar-refractivity contribution is 7.90. The number of allylic oxidation sites excluding steroid dienone is 2. The zero-order valence-corrected chi connectivity index (χ0v) is 16.1. The molecule has 1 aliphatic carbocycles. The Morgan fingerprint density at radius 1 is 1.07 bits per heavy atom. The van der Waals surface area contributed by atoms with Gasteiger partial charge in [0.1, 0.15) is 0 Å². The largest absolute Gasteiger partial charge is 0.467 e. The summed E-state index contributed by atoms with van der Waals surface area (Å²) in [6, 6.07) is 5.34. The van der Waals surface area contributed by atoms with Crippen LogP contribution in [0.1, 0.15) is 24.8 Å². The van der Waals surface area contributed by atoms with Crippen molar-refractivity contribution in [3.8, 4) is 12.0 Å². The number of methoxy groups -OCH3 is 2. The molecule has 10 nitrogen and oxygen atoms in total. The molecule has 3 rings (SSSR count). The monoisotopic (exact) mass is 405 g/mol. The van der Waals surface area contributed by atoms with Gasteiger partial charge in [0.2, 0.25) is 5.95 Å². The van der Waals surface area contributed by atoms with Gasteiger partial charge in [-0.3, -0.25) is 5.32 Å². The minimum absolute atomic E-state index is 0.0316. The molecule has 0 fully saturated rings. The number of nitrogens with zero attached hydrogens (tertiary/aromatic N) is 3. The standard InChI is InChI=1S/C17H19N5O5S/c1-26-16-19-14(20-17(21-16)27-2)18-15(23)22-28(24,25)13-10-6-5-9-12(13)11-7-3-4-8-11/h5-7,9-10H,3-4,8H2,1-2H3,(H2,18,19,20,21,22,23). The van der Waals surface area contributed by atoms with Gasteiger partial charge in [-0.2, -0.15) is 9.97 Å². The molecule has 0 saturated heterocycles. The third-order valence-electron chi connectivity index (χ3n) is 3.98. The molecule has 0 bridgehead atoms. The molecule has 1 aliphatic rings. The van der Waals surface area contributed by atoms with Gasteiger partial charge in [-0.15, -0.1) is 4.98 Å². The van der Waals surface area contributed by atoms with Crippen molar-refractivity contribution in [3.63, 3.8) is 0 Å². The van der Waals surface area contributed by atoms with Gasteiger partial charge in [0.15, 0.2) is 0 Å². The van der Waals surface area contributed by atoms with Crippen LogP contribution in [0.5, 0.6) is 12.0 Å². The number of sulfonamides is 1. The SMILES string of the molecule is COc1nc(NC(=O)NS(=O)(=O)c2ccccc2C2=CCCC2)nc(OC)n1. The number of rotatable bonds is 6. The van der Waals surface area contributed by atoms with Crippen LogP contribution in [-0.4, -0.2) is 43.6 Å². The van der Waals surface area contributed by atoms with Gasteiger partial charge in [-0.1, -0.05) is 24.3 Å². The Morgan fingerprint density at radius 2 is 1.75 bits per heavy atom. The molecule has 1 heterocycles. The maximum Gasteiger partial charge on any atom is 0.335 e. The summed E-state index contributed by atoms with van der Waals surface area (Å²) >= 11 is 0. The van der Waals surface area contributed by atoms with Gasteiger partial charge in [0.25, 0.3) is 10.0 Å². The minimum atomic E-state index is -4.12. The Hall–Kier alpha value is -3.21. The topological polar surface area (TPSA) is 132 Å². The molecular weight excluding hydrogens is 386 g/mol. The maximum atomic E-state index is 12.8. The van der Waals surface area contributed by atoms with Gasteiger partial charge >= 0.3 is 18.1 Å². The minimum Gasteiger partial charge on any atom is -0.467 e. The Bertz CT molecular complexity index is 1000. The molecule has 2 amide bonds. The molecule has 2 N–H and O–H groups in total. The molecule has 2 aromatic rings. The Balaban J connectivity index is 1.81. The summed E-state index contributed by atoms with van der Waals surface area (Å²) in [5.74, 6) is -0.219. The smallest absolute Gasteiger partial charge is 0.335 e. The highest BCUT2D eigenvalue weighted by atomic mass is 32.2. The van der Waals surface area contributed by atoms with Crippen LogP contribution >= 0.6 is 0 Å². The molecule has 0 spiro atoms. The van der Waals surface area contributed by atoms with Crippen molar-refractivity contribution in [2.45, 2.75) is 24.2 Å². The summed E-state index contributed by atoms with van der Waals surface area (Å²) in [5, 5.41) is 2.24. The number of amides is 2. The highest BCUT2D eigenvalue weighted by Gasteiger charge is 2.24. The van der Waals surface area contributed by atoms with Crippen LogP contribution in [0, 0.1) is 0 Å². The number of anilines is 1. The Labute approximate surface area is 162 Å². The van der Waals surface area contributed by atoms with Crippen LogP contribution < -0.4 is 19.5 Å². The van der Waals surface area contributed by atoms with Crippen LogP contribution in [0.3, 0.4) is 0 Å². The van der Waals surface area contributed by atoms with E-state index in [0.717, 1.165) is 24.8 Å². The first-order chi connectivity index (χ1) is 13.4. The molecular formula is C17H19N5O5S. The second-order valence-electron chi connectivity index (χ2n) is 5.81. The molecule has 0 unspecified atom stereocenters. The molecule has 28 heavy (non-hydrogen) atoms. The molecule has 1 aromatic carbocycles. The van der Waals surface area contributed by atoms with Gasteiger partial charge in [0.05, 0.1) is 19.1 Å². The lowest BCUT2D eigenvalue weighted by molar-refractivity contribution is 0.256. The first-order valence-electron chi connectivity index (χ1n) is 8.39. The fraction of sp³-hybridized carbons (Fsp3) is 0.294. The molecule has 0 saturated carbocycles. The molecule has 11 heteroatoms. The van der Waals surface area contributed by atoms with E-state index in [4.69, 9.17) is 9.47 Å². The van der Waals surface area contributed by atoms with Gasteiger partial charge in [0, 0.05) is 0 Å². The highest BCUT2D eigenvalue weighted by Crippen LogP contribution is 2.31. The van der Waals surface area contributed by atoms with Crippen molar-refractivity contribution in [2.75, 3.05) is 19.5 Å². The quantitative estimate of drug-likeness (QED) is 0.745. The third kappa shape index (κ3) is 4.36. The number of aromatic nitrogens is 3. The first-order valence-corrected chi connectivity index (χ1v) is 9.87. The van der Waals surface area contributed by atoms with E-state index < -0.39 is 16.1 Å². The van der Waals surface area contributed by atoms with Crippen molar-refractivity contribution in [2.24, 2.45) is 0 Å². The van der Waals surface area contributed by atoms with Crippen molar-refractivity contribution in [1.29, 1.82) is 0 Å². The Kier molecular flexibility index (Phi) is 5.73. The van der Waals surface area contributed by atoms with E-state index in [1.807, 2.05) is 10.8 Å². The van der Waals surface area contributed by atoms with Crippen LogP contribution in [0.15, 0.2) is 35.2 Å². The first kappa shape index (κ1) is 19.5. The van der Waals surface area contributed by atoms with Crippen molar-refractivity contribution >= 4 is 27.6 Å². The number of nitrogens with one attached hydrogen (secondary N) is 2. The summed E-state index contributed by atoms with van der Waals surface area (Å²) in [5.41, 5.74) is 1.54. The van der Waals surface area contributed by atoms with E-state index >= 15 is 0 Å². The van der Waals surface area contributed by atoms with Crippen molar-refractivity contribution in [1.82, 2.24) is 19.7 Å². The molecule has 1 aromatic heterocycles. The zero-order chi connectivity index (χ0) is 20.1. The van der Waals surface area contributed by atoms with E-state index in [1.165, 1.54) is 20.3 Å². The van der Waals surface area contributed by atoms with Crippen molar-refractivity contribution in [3.05, 3.63) is 35.9 Å². The van der Waals surface area contributed by atoms with Gasteiger partial charge in [-0.25, -0.2) is 17.9 Å². The van der Waals surface area contributed by atoms with Crippen LogP contribution in [0.25, 0.3) is 5.57 Å². The van der Waals surface area contributed by atoms with Crippen LogP contribution in [-0.2, 0) is 10.0 Å². The molecule has 0 atom stereocenters. The van der Waals surface area contributed by atoms with Gasteiger partial charge in [-0.05, 0) is 36.5 Å². The number of urea groups is 1. The summed E-state index contributed by atoms with van der Waals surface area (Å²) in [7, 11) is -1.45. The van der Waals surface area contributed by atoms with Crippen LogP contribution in [0.4, 0.5) is 10.7 Å². The molecule has 0 radical (unpaired) electrons. The van der Waals surface area contributed by atoms with E-state index in [1.54, 1.807) is 18.2 Å². The average molecular weight is 405 g/mol. The lowest BCUT2D eigenvalue weighted by Gasteiger charge is -2.12. The maximum absolute atomic E-state index is 12.8. The number of benzene rings is 1.